The van der Waals surface area contributed by atoms with Gasteiger partial charge in [0, 0.05) is 23.6 Å². The Morgan fingerprint density at radius 1 is 1.19 bits per heavy atom. The van der Waals surface area contributed by atoms with Crippen molar-refractivity contribution in [3.05, 3.63) is 69.7 Å². The summed E-state index contributed by atoms with van der Waals surface area (Å²) in [6.07, 6.45) is 12.8. The van der Waals surface area contributed by atoms with Crippen LogP contribution in [0, 0.1) is 0 Å². The van der Waals surface area contributed by atoms with Crippen molar-refractivity contribution >= 4 is 47.0 Å². The lowest BCUT2D eigenvalue weighted by molar-refractivity contribution is -0.692. The molecule has 26 heavy (non-hydrogen) atoms. The monoisotopic (exact) mass is 381 g/mol. The molecule has 3 rings (SSSR count). The maximum atomic E-state index is 3.99. The highest BCUT2D eigenvalue weighted by Gasteiger charge is 2.23. The summed E-state index contributed by atoms with van der Waals surface area (Å²) in [5.41, 5.74) is 2.50. The third kappa shape index (κ3) is 3.57. The largest absolute Gasteiger partial charge is 0.335 e. The molecule has 0 saturated carbocycles. The Morgan fingerprint density at radius 3 is 2.69 bits per heavy atom. The predicted molar refractivity (Wildman–Crippen MR) is 117 cm³/mol. The van der Waals surface area contributed by atoms with Gasteiger partial charge < -0.3 is 4.90 Å². The van der Waals surface area contributed by atoms with Crippen LogP contribution in [0.3, 0.4) is 0 Å². The summed E-state index contributed by atoms with van der Waals surface area (Å²) in [5.74, 6) is 0. The average molecular weight is 382 g/mol. The molecule has 134 valence electrons. The third-order valence-electron chi connectivity index (χ3n) is 4.28. The number of fused-ring (bicyclic) bond motifs is 1. The van der Waals surface area contributed by atoms with Crippen LogP contribution in [0.5, 0.6) is 0 Å². The van der Waals surface area contributed by atoms with Gasteiger partial charge in [-0.05, 0) is 45.1 Å². The van der Waals surface area contributed by atoms with Crippen LogP contribution < -0.4 is 9.47 Å². The van der Waals surface area contributed by atoms with E-state index in [4.69, 9.17) is 0 Å². The maximum absolute atomic E-state index is 3.99. The Bertz CT molecular complexity index is 888. The lowest BCUT2D eigenvalue weighted by atomic mass is 10.3. The number of hydrogen-bond acceptors (Lipinski definition) is 3. The van der Waals surface area contributed by atoms with Crippen molar-refractivity contribution < 1.29 is 4.57 Å². The van der Waals surface area contributed by atoms with Gasteiger partial charge in [0.15, 0.2) is 0 Å². The SMILES string of the molecule is C=Cc1c(/C=C\C)sc(/C=C/C=C2\Sc3ccccc3N2CC)[n+]1CC. The quantitative estimate of drug-likeness (QED) is 0.549. The van der Waals surface area contributed by atoms with Crippen LogP contribution in [-0.4, -0.2) is 6.54 Å². The average Bonchev–Trinajstić information content (AvgIpc) is 3.18. The zero-order chi connectivity index (χ0) is 18.5. The molecular formula is C22H25N2S2+. The first kappa shape index (κ1) is 18.7. The van der Waals surface area contributed by atoms with Crippen molar-refractivity contribution in [2.45, 2.75) is 32.2 Å². The van der Waals surface area contributed by atoms with E-state index >= 15 is 0 Å². The van der Waals surface area contributed by atoms with Gasteiger partial charge in [0.1, 0.15) is 11.4 Å². The predicted octanol–water partition coefficient (Wildman–Crippen LogP) is 6.22. The molecular weight excluding hydrogens is 356 g/mol. The van der Waals surface area contributed by atoms with E-state index in [-0.39, 0.29) is 0 Å². The van der Waals surface area contributed by atoms with Gasteiger partial charge in [-0.2, -0.15) is 4.57 Å². The molecule has 2 aromatic rings. The molecule has 0 unspecified atom stereocenters. The number of thiazole rings is 1. The zero-order valence-corrected chi connectivity index (χ0v) is 17.2. The second kappa shape index (κ2) is 8.56. The van der Waals surface area contributed by atoms with Crippen molar-refractivity contribution in [1.82, 2.24) is 0 Å². The minimum atomic E-state index is 0.937. The highest BCUT2D eigenvalue weighted by molar-refractivity contribution is 8.03. The third-order valence-corrected chi connectivity index (χ3v) is 6.54. The van der Waals surface area contributed by atoms with E-state index < -0.39 is 0 Å². The maximum Gasteiger partial charge on any atom is 0.262 e. The Balaban J connectivity index is 1.89. The first-order chi connectivity index (χ1) is 12.7. The van der Waals surface area contributed by atoms with Crippen molar-refractivity contribution in [2.24, 2.45) is 0 Å². The highest BCUT2D eigenvalue weighted by Crippen LogP contribution is 2.45. The van der Waals surface area contributed by atoms with E-state index in [1.807, 2.05) is 17.8 Å². The fourth-order valence-electron chi connectivity index (χ4n) is 3.12. The molecule has 1 aliphatic heterocycles. The van der Waals surface area contributed by atoms with Crippen molar-refractivity contribution in [3.63, 3.8) is 0 Å². The summed E-state index contributed by atoms with van der Waals surface area (Å²) in [6.45, 7) is 12.3. The molecule has 0 bridgehead atoms. The first-order valence-electron chi connectivity index (χ1n) is 8.98. The molecule has 1 aromatic carbocycles. The van der Waals surface area contributed by atoms with Crippen LogP contribution in [0.4, 0.5) is 5.69 Å². The molecule has 0 spiro atoms. The van der Waals surface area contributed by atoms with Crippen molar-refractivity contribution in [2.75, 3.05) is 11.4 Å². The second-order valence-corrected chi connectivity index (χ2v) is 7.94. The summed E-state index contributed by atoms with van der Waals surface area (Å²) in [4.78, 5) is 4.96. The van der Waals surface area contributed by atoms with Gasteiger partial charge in [-0.15, -0.1) is 0 Å². The molecule has 0 fully saturated rings. The number of hydrogen-bond donors (Lipinski definition) is 0. The molecule has 1 aromatic heterocycles. The van der Waals surface area contributed by atoms with Crippen LogP contribution in [0.25, 0.3) is 18.2 Å². The highest BCUT2D eigenvalue weighted by atomic mass is 32.2. The Kier molecular flexibility index (Phi) is 6.17. The van der Waals surface area contributed by atoms with Crippen molar-refractivity contribution in [3.8, 4) is 0 Å². The van der Waals surface area contributed by atoms with E-state index in [0.29, 0.717) is 0 Å². The fraction of sp³-hybridized carbons (Fsp3) is 0.227. The molecule has 0 saturated heterocycles. The lowest BCUT2D eigenvalue weighted by Crippen LogP contribution is -2.36. The van der Waals surface area contributed by atoms with E-state index in [0.717, 1.165) is 13.1 Å². The normalized spacial score (nSPS) is 15.5. The van der Waals surface area contributed by atoms with Gasteiger partial charge in [-0.3, -0.25) is 0 Å². The van der Waals surface area contributed by atoms with E-state index in [1.54, 1.807) is 11.3 Å². The minimum Gasteiger partial charge on any atom is -0.335 e. The van der Waals surface area contributed by atoms with Gasteiger partial charge in [-0.25, -0.2) is 0 Å². The van der Waals surface area contributed by atoms with Gasteiger partial charge in [-0.1, -0.05) is 54.0 Å². The summed E-state index contributed by atoms with van der Waals surface area (Å²) in [7, 11) is 0. The van der Waals surface area contributed by atoms with Crippen LogP contribution in [0.2, 0.25) is 0 Å². The summed E-state index contributed by atoms with van der Waals surface area (Å²) >= 11 is 3.64. The Morgan fingerprint density at radius 2 is 2.00 bits per heavy atom. The van der Waals surface area contributed by atoms with Gasteiger partial charge in [0.05, 0.1) is 10.7 Å². The summed E-state index contributed by atoms with van der Waals surface area (Å²) in [5, 5.41) is 2.53. The molecule has 1 aliphatic rings. The van der Waals surface area contributed by atoms with Gasteiger partial charge >= 0.3 is 0 Å². The number of para-hydroxylation sites is 1. The fourth-order valence-corrected chi connectivity index (χ4v) is 5.47. The van der Waals surface area contributed by atoms with Crippen molar-refractivity contribution in [1.29, 1.82) is 0 Å². The molecule has 2 heterocycles. The lowest BCUT2D eigenvalue weighted by Gasteiger charge is -2.17. The van der Waals surface area contributed by atoms with Gasteiger partial charge in [0.2, 0.25) is 5.69 Å². The van der Waals surface area contributed by atoms with Gasteiger partial charge in [0.25, 0.3) is 5.01 Å². The molecule has 0 aliphatic carbocycles. The van der Waals surface area contributed by atoms with E-state index in [9.17, 15) is 0 Å². The number of rotatable bonds is 6. The number of allylic oxidation sites excluding steroid dienone is 3. The zero-order valence-electron chi connectivity index (χ0n) is 15.6. The molecule has 4 heteroatoms. The van der Waals surface area contributed by atoms with Crippen LogP contribution in [0.1, 0.15) is 36.3 Å². The molecule has 0 N–H and O–H groups in total. The number of anilines is 1. The number of benzene rings is 1. The van der Waals surface area contributed by atoms with Crippen LogP contribution >= 0.6 is 23.1 Å². The van der Waals surface area contributed by atoms with Crippen LogP contribution in [0.15, 0.2) is 59.0 Å². The summed E-state index contributed by atoms with van der Waals surface area (Å²) < 4.78 is 2.32. The summed E-state index contributed by atoms with van der Waals surface area (Å²) in [6, 6.07) is 8.60. The second-order valence-electron chi connectivity index (χ2n) is 5.82. The number of nitrogens with zero attached hydrogens (tertiary/aromatic N) is 2. The Labute approximate surface area is 164 Å². The first-order valence-corrected chi connectivity index (χ1v) is 10.6. The molecule has 0 atom stereocenters. The standard InChI is InChI=1S/C22H25N2S2/c1-5-12-19-17(6-2)23(7-3)21(25-19)15-11-16-22-24(8-4)18-13-9-10-14-20(18)26-22/h5-6,9-16H,2,7-8H2,1,3-4H3/q+1/b12-5-. The Hall–Kier alpha value is -2.04. The molecule has 0 amide bonds. The van der Waals surface area contributed by atoms with E-state index in [2.05, 4.69) is 91.5 Å². The molecule has 0 radical (unpaired) electrons. The number of aromatic nitrogens is 1. The topological polar surface area (TPSA) is 7.12 Å². The minimum absolute atomic E-state index is 0.937. The smallest absolute Gasteiger partial charge is 0.262 e. The molecule has 2 nitrogen and oxygen atoms in total. The number of thioether (sulfide) groups is 1. The van der Waals surface area contributed by atoms with E-state index in [1.165, 1.54) is 31.2 Å². The van der Waals surface area contributed by atoms with Crippen LogP contribution in [-0.2, 0) is 6.54 Å².